The number of benzene rings is 4. The van der Waals surface area contributed by atoms with Gasteiger partial charge in [0.1, 0.15) is 10.9 Å². The van der Waals surface area contributed by atoms with E-state index in [0.29, 0.717) is 0 Å². The minimum Gasteiger partial charge on any atom is -0.469 e. The van der Waals surface area contributed by atoms with Crippen LogP contribution in [0.25, 0.3) is 0 Å². The van der Waals surface area contributed by atoms with E-state index in [4.69, 9.17) is 9.48 Å². The van der Waals surface area contributed by atoms with E-state index in [-0.39, 0.29) is 10.6 Å². The van der Waals surface area contributed by atoms with Gasteiger partial charge in [-0.2, -0.15) is 4.72 Å². The van der Waals surface area contributed by atoms with Crippen molar-refractivity contribution >= 4 is 50.6 Å². The molecule has 4 aromatic rings. The number of carbonyl (C=O) groups is 2. The minimum absolute atomic E-state index is 0.138. The molecule has 0 spiro atoms. The maximum absolute atomic E-state index is 13.7. The molecule has 0 aliphatic rings. The average molecular weight is 577 g/mol. The summed E-state index contributed by atoms with van der Waals surface area (Å²) in [7, 11) is -4.88. The van der Waals surface area contributed by atoms with Gasteiger partial charge in [-0.25, -0.2) is 8.42 Å². The van der Waals surface area contributed by atoms with E-state index < -0.39 is 41.5 Å². The molecular weight excluding hydrogens is 547 g/mol. The fraction of sp³-hybridized carbons (Fsp3) is 0.133. The lowest BCUT2D eigenvalue weighted by Gasteiger charge is -2.27. The fourth-order valence-corrected chi connectivity index (χ4v) is 9.24. The third-order valence-corrected chi connectivity index (χ3v) is 11.4. The van der Waals surface area contributed by atoms with Crippen molar-refractivity contribution in [3.05, 3.63) is 115 Å². The lowest BCUT2D eigenvalue weighted by Crippen LogP contribution is -2.43. The summed E-state index contributed by atoms with van der Waals surface area (Å²) in [5.41, 5.74) is 0.210. The molecule has 4 rings (SSSR count). The Kier molecular flexibility index (Phi) is 9.32. The van der Waals surface area contributed by atoms with Gasteiger partial charge in [0.15, 0.2) is 0 Å². The molecule has 4 aromatic carbocycles. The molecule has 0 bridgehead atoms. The molecule has 8 nitrogen and oxygen atoms in total. The molecule has 0 aromatic heterocycles. The van der Waals surface area contributed by atoms with Gasteiger partial charge in [0.2, 0.25) is 10.0 Å². The lowest BCUT2D eigenvalue weighted by molar-refractivity contribution is -0.149. The molecule has 206 valence electrons. The van der Waals surface area contributed by atoms with Gasteiger partial charge in [-0.05, 0) is 12.1 Å². The van der Waals surface area contributed by atoms with Crippen LogP contribution >= 0.6 is 7.05 Å². The Hall–Kier alpha value is -4.04. The number of esters is 2. The number of methoxy groups -OCH3 is 2. The summed E-state index contributed by atoms with van der Waals surface area (Å²) in [4.78, 5) is 24.1. The Morgan fingerprint density at radius 3 is 1.62 bits per heavy atom. The summed E-state index contributed by atoms with van der Waals surface area (Å²) in [6.07, 6.45) is -0.531. The Labute approximate surface area is 234 Å². The number of nitrogens with zero attached hydrogens (tertiary/aromatic N) is 1. The Bertz CT molecular complexity index is 1530. The van der Waals surface area contributed by atoms with Gasteiger partial charge in [-0.3, -0.25) is 14.3 Å². The number of ether oxygens (including phenoxy) is 2. The monoisotopic (exact) mass is 576 g/mol. The van der Waals surface area contributed by atoms with E-state index in [2.05, 4.69) is 9.46 Å². The smallest absolute Gasteiger partial charge is 0.324 e. The molecule has 1 N–H and O–H groups in total. The van der Waals surface area contributed by atoms with E-state index in [1.54, 1.807) is 18.2 Å². The van der Waals surface area contributed by atoms with Crippen molar-refractivity contribution in [3.63, 3.8) is 0 Å². The highest BCUT2D eigenvalue weighted by Gasteiger charge is 2.32. The van der Waals surface area contributed by atoms with Crippen molar-refractivity contribution in [1.29, 1.82) is 0 Å². The Morgan fingerprint density at radius 2 is 1.18 bits per heavy atom. The quantitative estimate of drug-likeness (QED) is 0.227. The molecule has 0 heterocycles. The number of nitrogens with one attached hydrogen (secondary N) is 1. The molecule has 0 fully saturated rings. The van der Waals surface area contributed by atoms with Crippen molar-refractivity contribution in [2.24, 2.45) is 4.74 Å². The first-order chi connectivity index (χ1) is 19.3. The zero-order valence-corrected chi connectivity index (χ0v) is 23.7. The van der Waals surface area contributed by atoms with Crippen molar-refractivity contribution in [3.8, 4) is 0 Å². The van der Waals surface area contributed by atoms with E-state index in [1.165, 1.54) is 6.07 Å². The van der Waals surface area contributed by atoms with Crippen LogP contribution in [-0.2, 0) is 29.1 Å². The zero-order chi connectivity index (χ0) is 28.6. The van der Waals surface area contributed by atoms with Crippen LogP contribution in [0.5, 0.6) is 0 Å². The third kappa shape index (κ3) is 6.23. The largest absolute Gasteiger partial charge is 0.469 e. The first-order valence-corrected chi connectivity index (χ1v) is 15.6. The van der Waals surface area contributed by atoms with E-state index in [0.717, 1.165) is 30.1 Å². The van der Waals surface area contributed by atoms with Crippen molar-refractivity contribution in [2.45, 2.75) is 17.4 Å². The van der Waals surface area contributed by atoms with Crippen molar-refractivity contribution < 1.29 is 27.5 Å². The number of rotatable bonds is 10. The van der Waals surface area contributed by atoms with Crippen LogP contribution in [0.2, 0.25) is 0 Å². The van der Waals surface area contributed by atoms with E-state index >= 15 is 0 Å². The molecule has 0 aliphatic carbocycles. The Balaban J connectivity index is 1.98. The van der Waals surface area contributed by atoms with Crippen LogP contribution in [0.15, 0.2) is 125 Å². The van der Waals surface area contributed by atoms with Gasteiger partial charge in [-0.1, -0.05) is 103 Å². The van der Waals surface area contributed by atoms with Gasteiger partial charge in [0.25, 0.3) is 0 Å². The molecule has 0 radical (unpaired) electrons. The highest BCUT2D eigenvalue weighted by atomic mass is 32.2. The van der Waals surface area contributed by atoms with Crippen molar-refractivity contribution in [2.75, 3.05) is 14.2 Å². The first-order valence-electron chi connectivity index (χ1n) is 12.4. The molecule has 10 heteroatoms. The second-order valence-corrected chi connectivity index (χ2v) is 13.4. The van der Waals surface area contributed by atoms with Gasteiger partial charge in [-0.15, -0.1) is 0 Å². The summed E-state index contributed by atoms with van der Waals surface area (Å²) in [6, 6.07) is 34.2. The molecule has 40 heavy (non-hydrogen) atoms. The number of hydrogen-bond acceptors (Lipinski definition) is 7. The highest BCUT2D eigenvalue weighted by molar-refractivity contribution is 7.90. The summed E-state index contributed by atoms with van der Waals surface area (Å²) < 4.78 is 44.5. The van der Waals surface area contributed by atoms with Crippen LogP contribution in [-0.4, -0.2) is 40.6 Å². The van der Waals surface area contributed by atoms with E-state index in [9.17, 15) is 18.0 Å². The van der Waals surface area contributed by atoms with Gasteiger partial charge in [0.05, 0.1) is 33.4 Å². The molecule has 1 atom stereocenters. The third-order valence-electron chi connectivity index (χ3n) is 6.18. The maximum atomic E-state index is 13.7. The molecule has 0 saturated carbocycles. The molecule has 0 amide bonds. The van der Waals surface area contributed by atoms with Crippen molar-refractivity contribution in [1.82, 2.24) is 4.72 Å². The second kappa shape index (κ2) is 12.9. The molecular formula is C30H29N2O6PS. The van der Waals surface area contributed by atoms with Crippen LogP contribution in [0, 0.1) is 0 Å². The minimum atomic E-state index is -4.35. The predicted molar refractivity (Wildman–Crippen MR) is 156 cm³/mol. The molecule has 0 saturated heterocycles. The fourth-order valence-electron chi connectivity index (χ4n) is 4.30. The van der Waals surface area contributed by atoms with E-state index in [1.807, 2.05) is 91.0 Å². The number of sulfonamides is 1. The predicted octanol–water partition coefficient (Wildman–Crippen LogP) is 3.88. The van der Waals surface area contributed by atoms with Gasteiger partial charge < -0.3 is 9.47 Å². The van der Waals surface area contributed by atoms with Crippen LogP contribution in [0.3, 0.4) is 0 Å². The summed E-state index contributed by atoms with van der Waals surface area (Å²) in [5, 5.41) is 2.81. The number of carbonyl (C=O) groups excluding carboxylic acids is 2. The molecule has 1 unspecified atom stereocenters. The van der Waals surface area contributed by atoms with Crippen LogP contribution in [0.1, 0.15) is 6.42 Å². The Morgan fingerprint density at radius 1 is 0.725 bits per heavy atom. The zero-order valence-electron chi connectivity index (χ0n) is 22.0. The first kappa shape index (κ1) is 29.0. The number of hydrogen-bond donors (Lipinski definition) is 1. The average Bonchev–Trinajstić information content (AvgIpc) is 3.00. The van der Waals surface area contributed by atoms with Gasteiger partial charge in [0, 0.05) is 15.9 Å². The molecule has 0 aliphatic heterocycles. The van der Waals surface area contributed by atoms with Crippen LogP contribution in [0.4, 0.5) is 5.69 Å². The lowest BCUT2D eigenvalue weighted by atomic mass is 10.2. The summed E-state index contributed by atoms with van der Waals surface area (Å²) in [6.45, 7) is 0. The van der Waals surface area contributed by atoms with Gasteiger partial charge >= 0.3 is 11.9 Å². The summed E-state index contributed by atoms with van der Waals surface area (Å²) >= 11 is 0. The highest BCUT2D eigenvalue weighted by Crippen LogP contribution is 2.50. The standard InChI is InChI=1S/C30H29N2O6PS/c1-37-29(33)22-27(30(34)38-2)32-40(35,36)28-21-13-12-20-26(28)31-39(23-14-6-3-7-15-23,24-16-8-4-9-17-24)25-18-10-5-11-19-25/h3-21,27,32H,22H2,1-2H3. The normalized spacial score (nSPS) is 12.2. The topological polar surface area (TPSA) is 111 Å². The van der Waals surface area contributed by atoms with Crippen LogP contribution < -0.4 is 20.6 Å². The summed E-state index contributed by atoms with van der Waals surface area (Å²) in [5.74, 6) is -1.68. The maximum Gasteiger partial charge on any atom is 0.324 e. The SMILES string of the molecule is COC(=O)CC(NS(=O)(=O)c1ccccc1N=P(c1ccccc1)(c1ccccc1)c1ccccc1)C(=O)OC. The second-order valence-electron chi connectivity index (χ2n) is 8.69.